The Morgan fingerprint density at radius 3 is 2.45 bits per heavy atom. The van der Waals surface area contributed by atoms with Gasteiger partial charge in [0.05, 0.1) is 22.6 Å². The van der Waals surface area contributed by atoms with Crippen LogP contribution in [0.3, 0.4) is 0 Å². The van der Waals surface area contributed by atoms with Gasteiger partial charge in [0.2, 0.25) is 5.82 Å². The van der Waals surface area contributed by atoms with Gasteiger partial charge in [-0.15, -0.1) is 5.10 Å². The molecule has 2 heterocycles. The molecule has 1 saturated heterocycles. The van der Waals surface area contributed by atoms with E-state index in [4.69, 9.17) is 0 Å². The minimum absolute atomic E-state index is 0.0998. The first-order valence-electron chi connectivity index (χ1n) is 9.16. The second kappa shape index (κ2) is 7.57. The van der Waals surface area contributed by atoms with Crippen molar-refractivity contribution in [2.45, 2.75) is 19.0 Å². The van der Waals surface area contributed by atoms with Crippen molar-refractivity contribution in [3.8, 4) is 5.69 Å². The molecule has 0 bridgehead atoms. The summed E-state index contributed by atoms with van der Waals surface area (Å²) in [5.74, 6) is -0.793. The molecule has 0 aliphatic carbocycles. The maximum Gasteiger partial charge on any atom is 0.416 e. The van der Waals surface area contributed by atoms with Gasteiger partial charge in [-0.1, -0.05) is 18.2 Å². The first-order valence-corrected chi connectivity index (χ1v) is 9.16. The second-order valence-corrected chi connectivity index (χ2v) is 6.73. The lowest BCUT2D eigenvalue weighted by atomic mass is 10.1. The highest BCUT2D eigenvalue weighted by atomic mass is 19.4. The fraction of sp³-hybridized carbons (Fsp3) is 0.250. The summed E-state index contributed by atoms with van der Waals surface area (Å²) in [6.45, 7) is 1.46. The summed E-state index contributed by atoms with van der Waals surface area (Å²) in [6.07, 6.45) is -1.21. The van der Waals surface area contributed by atoms with Crippen molar-refractivity contribution in [2.24, 2.45) is 0 Å². The predicted octanol–water partition coefficient (Wildman–Crippen LogP) is 4.14. The van der Waals surface area contributed by atoms with E-state index in [0.29, 0.717) is 5.69 Å². The van der Waals surface area contributed by atoms with Crippen LogP contribution in [0.1, 0.15) is 29.0 Å². The summed E-state index contributed by atoms with van der Waals surface area (Å²) in [5.41, 5.74) is 0.559. The molecule has 0 saturated carbocycles. The van der Waals surface area contributed by atoms with E-state index in [0.717, 1.165) is 43.8 Å². The number of para-hydroxylation sites is 1. The van der Waals surface area contributed by atoms with Crippen molar-refractivity contribution in [1.29, 1.82) is 0 Å². The number of alkyl halides is 3. The van der Waals surface area contributed by atoms with E-state index < -0.39 is 17.6 Å². The number of amides is 1. The molecule has 29 heavy (non-hydrogen) atoms. The lowest BCUT2D eigenvalue weighted by molar-refractivity contribution is -0.137. The number of carbonyl (C=O) groups is 1. The number of benzene rings is 2. The second-order valence-electron chi connectivity index (χ2n) is 6.73. The summed E-state index contributed by atoms with van der Waals surface area (Å²) in [5, 5.41) is 6.69. The van der Waals surface area contributed by atoms with Gasteiger partial charge in [0.15, 0.2) is 0 Å². The zero-order valence-electron chi connectivity index (χ0n) is 15.4. The molecule has 150 valence electrons. The van der Waals surface area contributed by atoms with Crippen LogP contribution in [0, 0.1) is 0 Å². The van der Waals surface area contributed by atoms with Gasteiger partial charge in [0.25, 0.3) is 5.91 Å². The number of nitrogens with one attached hydrogen (secondary N) is 1. The van der Waals surface area contributed by atoms with Gasteiger partial charge < -0.3 is 10.2 Å². The minimum Gasteiger partial charge on any atom is -0.370 e. The zero-order valence-corrected chi connectivity index (χ0v) is 15.4. The number of hydrogen-bond donors (Lipinski definition) is 1. The first kappa shape index (κ1) is 19.0. The largest absolute Gasteiger partial charge is 0.416 e. The molecule has 1 amide bonds. The van der Waals surface area contributed by atoms with Gasteiger partial charge in [-0.2, -0.15) is 13.2 Å². The number of halogens is 3. The van der Waals surface area contributed by atoms with E-state index in [-0.39, 0.29) is 11.5 Å². The lowest BCUT2D eigenvalue weighted by Gasteiger charge is -2.22. The third kappa shape index (κ3) is 4.08. The van der Waals surface area contributed by atoms with Crippen LogP contribution in [0.4, 0.5) is 24.5 Å². The molecule has 0 unspecified atom stereocenters. The highest BCUT2D eigenvalue weighted by Gasteiger charge is 2.32. The Hall–Kier alpha value is -3.36. The number of nitrogens with zero attached hydrogens (tertiary/aromatic N) is 4. The Kier molecular flexibility index (Phi) is 4.96. The fourth-order valence-corrected chi connectivity index (χ4v) is 3.30. The monoisotopic (exact) mass is 401 g/mol. The van der Waals surface area contributed by atoms with E-state index in [1.165, 1.54) is 17.1 Å². The van der Waals surface area contributed by atoms with E-state index in [9.17, 15) is 18.0 Å². The highest BCUT2D eigenvalue weighted by molar-refractivity contribution is 6.03. The molecular formula is C20H18F3N5O. The molecule has 1 aromatic heterocycles. The van der Waals surface area contributed by atoms with Crippen LogP contribution in [0.15, 0.2) is 54.9 Å². The van der Waals surface area contributed by atoms with Gasteiger partial charge in [-0.3, -0.25) is 4.79 Å². The van der Waals surface area contributed by atoms with Crippen LogP contribution in [-0.2, 0) is 6.18 Å². The molecule has 9 heteroatoms. The molecule has 0 radical (unpaired) electrons. The smallest absolute Gasteiger partial charge is 0.370 e. The molecule has 2 aromatic carbocycles. The van der Waals surface area contributed by atoms with Crippen molar-refractivity contribution in [2.75, 3.05) is 23.3 Å². The van der Waals surface area contributed by atoms with Crippen LogP contribution in [0.25, 0.3) is 5.69 Å². The van der Waals surface area contributed by atoms with E-state index in [1.807, 2.05) is 23.1 Å². The molecule has 1 aliphatic rings. The number of anilines is 2. The summed E-state index contributed by atoms with van der Waals surface area (Å²) >= 11 is 0. The topological polar surface area (TPSA) is 63.1 Å². The van der Waals surface area contributed by atoms with Gasteiger partial charge in [0, 0.05) is 13.1 Å². The molecule has 1 N–H and O–H groups in total. The van der Waals surface area contributed by atoms with E-state index >= 15 is 0 Å². The number of aromatic nitrogens is 3. The highest BCUT2D eigenvalue weighted by Crippen LogP contribution is 2.36. The van der Waals surface area contributed by atoms with Crippen molar-refractivity contribution in [3.05, 3.63) is 66.2 Å². The van der Waals surface area contributed by atoms with Crippen LogP contribution < -0.4 is 10.2 Å². The molecule has 1 aliphatic heterocycles. The van der Waals surface area contributed by atoms with Crippen molar-refractivity contribution < 1.29 is 18.0 Å². The molecule has 3 aromatic rings. The maximum absolute atomic E-state index is 13.2. The van der Waals surface area contributed by atoms with Crippen molar-refractivity contribution >= 4 is 17.3 Å². The third-order valence-electron chi connectivity index (χ3n) is 4.73. The van der Waals surface area contributed by atoms with Crippen LogP contribution >= 0.6 is 0 Å². The summed E-state index contributed by atoms with van der Waals surface area (Å²) in [6, 6.07) is 12.5. The zero-order chi connectivity index (χ0) is 20.4. The van der Waals surface area contributed by atoms with Crippen molar-refractivity contribution in [1.82, 2.24) is 14.8 Å². The summed E-state index contributed by atoms with van der Waals surface area (Å²) in [7, 11) is 0. The Balaban J connectivity index is 1.62. The Morgan fingerprint density at radius 1 is 1.03 bits per heavy atom. The van der Waals surface area contributed by atoms with Crippen LogP contribution in [-0.4, -0.2) is 33.8 Å². The average Bonchev–Trinajstić information content (AvgIpc) is 3.40. The molecule has 4 rings (SSSR count). The number of carbonyl (C=O) groups excluding carboxylic acids is 1. The summed E-state index contributed by atoms with van der Waals surface area (Å²) < 4.78 is 41.0. The normalized spacial score (nSPS) is 14.2. The Labute approximate surface area is 165 Å². The standard InChI is InChI=1S/C20H18F3N5O/c21-20(22,23)14-8-9-17(27-10-4-5-11-27)16(12-14)25-19(29)18-24-13-28(26-18)15-6-2-1-3-7-15/h1-3,6-9,12-13H,4-5,10-11H2,(H,25,29). The van der Waals surface area contributed by atoms with Gasteiger partial charge in [-0.25, -0.2) is 9.67 Å². The van der Waals surface area contributed by atoms with Gasteiger partial charge in [0.1, 0.15) is 6.33 Å². The molecule has 6 nitrogen and oxygen atoms in total. The van der Waals surface area contributed by atoms with Crippen LogP contribution in [0.5, 0.6) is 0 Å². The molecule has 1 fully saturated rings. The predicted molar refractivity (Wildman–Crippen MR) is 102 cm³/mol. The Morgan fingerprint density at radius 2 is 1.76 bits per heavy atom. The van der Waals surface area contributed by atoms with Gasteiger partial charge in [-0.05, 0) is 43.2 Å². The first-order chi connectivity index (χ1) is 13.9. The number of hydrogen-bond acceptors (Lipinski definition) is 4. The quantitative estimate of drug-likeness (QED) is 0.714. The lowest BCUT2D eigenvalue weighted by Crippen LogP contribution is -2.22. The minimum atomic E-state index is -4.50. The maximum atomic E-state index is 13.2. The third-order valence-corrected chi connectivity index (χ3v) is 4.73. The van der Waals surface area contributed by atoms with Gasteiger partial charge >= 0.3 is 6.18 Å². The SMILES string of the molecule is O=C(Nc1cc(C(F)(F)F)ccc1N1CCCC1)c1ncn(-c2ccccc2)n1. The molecular weight excluding hydrogens is 383 g/mol. The molecule has 0 spiro atoms. The fourth-order valence-electron chi connectivity index (χ4n) is 3.30. The van der Waals surface area contributed by atoms with E-state index in [1.54, 1.807) is 12.1 Å². The summed E-state index contributed by atoms with van der Waals surface area (Å²) in [4.78, 5) is 18.6. The number of rotatable bonds is 4. The Bertz CT molecular complexity index is 1010. The molecule has 0 atom stereocenters. The van der Waals surface area contributed by atoms with Crippen LogP contribution in [0.2, 0.25) is 0 Å². The van der Waals surface area contributed by atoms with E-state index in [2.05, 4.69) is 15.4 Å². The van der Waals surface area contributed by atoms with Crippen molar-refractivity contribution in [3.63, 3.8) is 0 Å². The average molecular weight is 401 g/mol.